The van der Waals surface area contributed by atoms with Crippen LogP contribution in [-0.4, -0.2) is 24.1 Å². The smallest absolute Gasteiger partial charge is 0.316 e. The van der Waals surface area contributed by atoms with Crippen molar-refractivity contribution in [3.05, 3.63) is 35.4 Å². The topological polar surface area (TPSA) is 60.4 Å². The molecule has 4 nitrogen and oxygen atoms in total. The predicted octanol–water partition coefficient (Wildman–Crippen LogP) is 2.59. The molecule has 1 aromatic rings. The van der Waals surface area contributed by atoms with Crippen molar-refractivity contribution < 1.29 is 19.1 Å². The van der Waals surface area contributed by atoms with E-state index >= 15 is 0 Å². The number of aryl methyl sites for hydroxylation is 1. The minimum absolute atomic E-state index is 0.0346. The highest BCUT2D eigenvalue weighted by Gasteiger charge is 2.34. The molecule has 0 amide bonds. The lowest BCUT2D eigenvalue weighted by Gasteiger charge is -2.25. The molecule has 0 bridgehead atoms. The third-order valence-corrected chi connectivity index (χ3v) is 4.00. The van der Waals surface area contributed by atoms with Gasteiger partial charge in [0.1, 0.15) is 11.7 Å². The van der Waals surface area contributed by atoms with E-state index in [2.05, 4.69) is 0 Å². The van der Waals surface area contributed by atoms with Gasteiger partial charge in [0, 0.05) is 11.5 Å². The average molecular weight is 288 g/mol. The molecular formula is C17H20O4. The molecule has 21 heavy (non-hydrogen) atoms. The van der Waals surface area contributed by atoms with Gasteiger partial charge in [-0.1, -0.05) is 24.3 Å². The van der Waals surface area contributed by atoms with Crippen LogP contribution in [-0.2, 0) is 20.7 Å². The highest BCUT2D eigenvalue weighted by molar-refractivity contribution is 6.02. The Morgan fingerprint density at radius 1 is 1.33 bits per heavy atom. The Labute approximate surface area is 124 Å². The summed E-state index contributed by atoms with van der Waals surface area (Å²) in [4.78, 5) is 36.0. The average Bonchev–Trinajstić information content (AvgIpc) is 2.46. The molecule has 0 saturated carbocycles. The van der Waals surface area contributed by atoms with Gasteiger partial charge in [0.2, 0.25) is 0 Å². The maximum absolute atomic E-state index is 12.5. The van der Waals surface area contributed by atoms with Gasteiger partial charge in [-0.2, -0.15) is 0 Å². The van der Waals surface area contributed by atoms with Crippen molar-refractivity contribution in [1.82, 2.24) is 0 Å². The lowest BCUT2D eigenvalue weighted by Crippen LogP contribution is -2.31. The van der Waals surface area contributed by atoms with Crippen LogP contribution in [0.25, 0.3) is 0 Å². The largest absolute Gasteiger partial charge is 0.465 e. The predicted molar refractivity (Wildman–Crippen MR) is 78.0 cm³/mol. The molecule has 0 aromatic heterocycles. The standard InChI is InChI=1S/C17H20O4/c1-3-21-17(20)15(11(2)18)10-13-9-8-12-6-4-5-7-14(12)16(13)19/h4-7,13,15H,3,8-10H2,1-2H3. The maximum Gasteiger partial charge on any atom is 0.316 e. The molecule has 2 atom stereocenters. The van der Waals surface area contributed by atoms with E-state index in [4.69, 9.17) is 4.74 Å². The number of rotatable bonds is 5. The first kappa shape index (κ1) is 15.4. The molecule has 2 unspecified atom stereocenters. The van der Waals surface area contributed by atoms with Gasteiger partial charge in [-0.25, -0.2) is 0 Å². The van der Waals surface area contributed by atoms with Crippen LogP contribution in [0.1, 0.15) is 42.6 Å². The van der Waals surface area contributed by atoms with Gasteiger partial charge in [-0.15, -0.1) is 0 Å². The van der Waals surface area contributed by atoms with Crippen LogP contribution in [0.4, 0.5) is 0 Å². The summed E-state index contributed by atoms with van der Waals surface area (Å²) in [7, 11) is 0. The molecule has 0 spiro atoms. The van der Waals surface area contributed by atoms with Gasteiger partial charge in [-0.05, 0) is 38.7 Å². The number of ketones is 2. The fraction of sp³-hybridized carbons (Fsp3) is 0.471. The van der Waals surface area contributed by atoms with Crippen molar-refractivity contribution in [2.45, 2.75) is 33.1 Å². The summed E-state index contributed by atoms with van der Waals surface area (Å²) in [6.45, 7) is 3.32. The fourth-order valence-electron chi connectivity index (χ4n) is 2.84. The number of carbonyl (C=O) groups excluding carboxylic acids is 3. The van der Waals surface area contributed by atoms with E-state index in [0.717, 1.165) is 17.5 Å². The lowest BCUT2D eigenvalue weighted by molar-refractivity contribution is -0.151. The minimum atomic E-state index is -0.829. The first-order valence-electron chi connectivity index (χ1n) is 7.33. The summed E-state index contributed by atoms with van der Waals surface area (Å²) < 4.78 is 4.94. The Balaban J connectivity index is 2.14. The van der Waals surface area contributed by atoms with Crippen LogP contribution in [0.3, 0.4) is 0 Å². The number of carbonyl (C=O) groups is 3. The summed E-state index contributed by atoms with van der Waals surface area (Å²) in [6.07, 6.45) is 1.74. The van der Waals surface area contributed by atoms with E-state index in [1.807, 2.05) is 24.3 Å². The van der Waals surface area contributed by atoms with E-state index in [0.29, 0.717) is 6.42 Å². The van der Waals surface area contributed by atoms with Crippen LogP contribution >= 0.6 is 0 Å². The number of benzene rings is 1. The molecule has 0 N–H and O–H groups in total. The van der Waals surface area contributed by atoms with Crippen molar-refractivity contribution in [1.29, 1.82) is 0 Å². The zero-order chi connectivity index (χ0) is 15.4. The molecule has 1 aromatic carbocycles. The molecule has 112 valence electrons. The third-order valence-electron chi connectivity index (χ3n) is 4.00. The molecular weight excluding hydrogens is 268 g/mol. The normalized spacial score (nSPS) is 18.8. The monoisotopic (exact) mass is 288 g/mol. The molecule has 0 saturated heterocycles. The number of Topliss-reactive ketones (excluding diaryl/α,β-unsaturated/α-hetero) is 2. The van der Waals surface area contributed by atoms with Crippen LogP contribution in [0, 0.1) is 11.8 Å². The van der Waals surface area contributed by atoms with E-state index < -0.39 is 11.9 Å². The fourth-order valence-corrected chi connectivity index (χ4v) is 2.84. The van der Waals surface area contributed by atoms with E-state index in [1.165, 1.54) is 6.92 Å². The van der Waals surface area contributed by atoms with Gasteiger partial charge in [0.25, 0.3) is 0 Å². The van der Waals surface area contributed by atoms with Crippen molar-refractivity contribution in [2.24, 2.45) is 11.8 Å². The van der Waals surface area contributed by atoms with E-state index in [1.54, 1.807) is 6.92 Å². The van der Waals surface area contributed by atoms with Gasteiger partial charge in [0.05, 0.1) is 6.61 Å². The van der Waals surface area contributed by atoms with Gasteiger partial charge in [-0.3, -0.25) is 14.4 Å². The number of esters is 1. The van der Waals surface area contributed by atoms with Crippen LogP contribution in [0.5, 0.6) is 0 Å². The Hall–Kier alpha value is -1.97. The summed E-state index contributed by atoms with van der Waals surface area (Å²) in [5.74, 6) is -1.83. The second kappa shape index (κ2) is 6.66. The molecule has 1 aliphatic rings. The Bertz CT molecular complexity index is 562. The second-order valence-corrected chi connectivity index (χ2v) is 5.41. The minimum Gasteiger partial charge on any atom is -0.465 e. The van der Waals surface area contributed by atoms with Gasteiger partial charge in [0.15, 0.2) is 5.78 Å². The van der Waals surface area contributed by atoms with E-state index in [-0.39, 0.29) is 30.5 Å². The third kappa shape index (κ3) is 3.38. The molecule has 4 heteroatoms. The van der Waals surface area contributed by atoms with E-state index in [9.17, 15) is 14.4 Å². The van der Waals surface area contributed by atoms with Gasteiger partial charge >= 0.3 is 5.97 Å². The quantitative estimate of drug-likeness (QED) is 0.617. The Morgan fingerprint density at radius 2 is 2.05 bits per heavy atom. The molecule has 0 radical (unpaired) electrons. The van der Waals surface area contributed by atoms with Crippen molar-refractivity contribution >= 4 is 17.5 Å². The molecule has 2 rings (SSSR count). The summed E-state index contributed by atoms with van der Waals surface area (Å²) in [5, 5.41) is 0. The zero-order valence-electron chi connectivity index (χ0n) is 12.4. The number of hydrogen-bond donors (Lipinski definition) is 0. The maximum atomic E-state index is 12.5. The second-order valence-electron chi connectivity index (χ2n) is 5.41. The van der Waals surface area contributed by atoms with Crippen LogP contribution in [0.15, 0.2) is 24.3 Å². The SMILES string of the molecule is CCOC(=O)C(CC1CCc2ccccc2C1=O)C(C)=O. The molecule has 1 aliphatic carbocycles. The summed E-state index contributed by atoms with van der Waals surface area (Å²) >= 11 is 0. The number of ether oxygens (including phenoxy) is 1. The Morgan fingerprint density at radius 3 is 2.71 bits per heavy atom. The lowest BCUT2D eigenvalue weighted by atomic mass is 9.78. The summed E-state index contributed by atoms with van der Waals surface area (Å²) in [6, 6.07) is 7.53. The molecule has 0 aliphatic heterocycles. The first-order chi connectivity index (χ1) is 10.0. The zero-order valence-corrected chi connectivity index (χ0v) is 12.4. The van der Waals surface area contributed by atoms with Crippen LogP contribution < -0.4 is 0 Å². The summed E-state index contributed by atoms with van der Waals surface area (Å²) in [5.41, 5.74) is 1.77. The molecule has 0 fully saturated rings. The van der Waals surface area contributed by atoms with Gasteiger partial charge < -0.3 is 4.74 Å². The van der Waals surface area contributed by atoms with Crippen molar-refractivity contribution in [2.75, 3.05) is 6.61 Å². The van der Waals surface area contributed by atoms with Crippen LogP contribution in [0.2, 0.25) is 0 Å². The Kier molecular flexibility index (Phi) is 4.89. The highest BCUT2D eigenvalue weighted by Crippen LogP contribution is 2.30. The number of hydrogen-bond acceptors (Lipinski definition) is 4. The van der Waals surface area contributed by atoms with Crippen molar-refractivity contribution in [3.8, 4) is 0 Å². The highest BCUT2D eigenvalue weighted by atomic mass is 16.5. The number of fused-ring (bicyclic) bond motifs is 1. The first-order valence-corrected chi connectivity index (χ1v) is 7.33. The van der Waals surface area contributed by atoms with Crippen molar-refractivity contribution in [3.63, 3.8) is 0 Å². The molecule has 0 heterocycles.